The largest absolute Gasteiger partial charge is 0.314 e. The van der Waals surface area contributed by atoms with Crippen LogP contribution in [-0.4, -0.2) is 25.4 Å². The van der Waals surface area contributed by atoms with E-state index in [4.69, 9.17) is 0 Å². The minimum Gasteiger partial charge on any atom is -0.314 e. The first-order valence-electron chi connectivity index (χ1n) is 6.95. The maximum absolute atomic E-state index is 13.4. The number of nitrogens with zero attached hydrogens (tertiary/aromatic N) is 2. The van der Waals surface area contributed by atoms with Crippen molar-refractivity contribution in [2.45, 2.75) is 6.92 Å². The topological polar surface area (TPSA) is 40.6 Å². The van der Waals surface area contributed by atoms with Gasteiger partial charge in [-0.25, -0.2) is 8.78 Å². The number of carbonyl (C=O) groups is 2. The Labute approximate surface area is 132 Å². The average Bonchev–Trinajstić information content (AvgIpc) is 2.55. The predicted molar refractivity (Wildman–Crippen MR) is 84.2 cm³/mol. The standard InChI is InChI=1S/C17H16F2N2O2/c1-12(22)21(14-8-9-15(18)16(19)10-14)11-17(23)20(2)13-6-4-3-5-7-13/h3-10H,11H2,1-2H3. The fraction of sp³-hybridized carbons (Fsp3) is 0.176. The van der Waals surface area contributed by atoms with E-state index in [2.05, 4.69) is 0 Å². The molecule has 0 aliphatic heterocycles. The summed E-state index contributed by atoms with van der Waals surface area (Å²) in [7, 11) is 1.58. The average molecular weight is 318 g/mol. The van der Waals surface area contributed by atoms with Crippen molar-refractivity contribution in [3.63, 3.8) is 0 Å². The Bertz CT molecular complexity index is 720. The molecule has 0 aromatic heterocycles. The van der Waals surface area contributed by atoms with E-state index >= 15 is 0 Å². The summed E-state index contributed by atoms with van der Waals surface area (Å²) in [6, 6.07) is 12.0. The molecule has 0 bridgehead atoms. The summed E-state index contributed by atoms with van der Waals surface area (Å²) in [6.45, 7) is 0.989. The first kappa shape index (κ1) is 16.6. The summed E-state index contributed by atoms with van der Waals surface area (Å²) >= 11 is 0. The van der Waals surface area contributed by atoms with Crippen LogP contribution in [0.5, 0.6) is 0 Å². The summed E-state index contributed by atoms with van der Waals surface area (Å²) < 4.78 is 26.4. The summed E-state index contributed by atoms with van der Waals surface area (Å²) in [5.41, 5.74) is 0.803. The van der Waals surface area contributed by atoms with Crippen molar-refractivity contribution >= 4 is 23.2 Å². The highest BCUT2D eigenvalue weighted by atomic mass is 19.2. The molecule has 0 aliphatic carbocycles. The highest BCUT2D eigenvalue weighted by Crippen LogP contribution is 2.19. The van der Waals surface area contributed by atoms with Gasteiger partial charge in [-0.15, -0.1) is 0 Å². The molecule has 0 atom stereocenters. The van der Waals surface area contributed by atoms with Gasteiger partial charge >= 0.3 is 0 Å². The third-order valence-electron chi connectivity index (χ3n) is 3.41. The monoisotopic (exact) mass is 318 g/mol. The number of benzene rings is 2. The molecule has 2 amide bonds. The normalized spacial score (nSPS) is 10.3. The van der Waals surface area contributed by atoms with E-state index in [0.717, 1.165) is 17.0 Å². The van der Waals surface area contributed by atoms with Crippen molar-refractivity contribution < 1.29 is 18.4 Å². The number of rotatable bonds is 4. The molecule has 2 aromatic rings. The van der Waals surface area contributed by atoms with Gasteiger partial charge in [0.05, 0.1) is 0 Å². The molecule has 0 unspecified atom stereocenters. The molecule has 0 heterocycles. The van der Waals surface area contributed by atoms with Gasteiger partial charge in [-0.2, -0.15) is 0 Å². The molecule has 0 saturated heterocycles. The zero-order chi connectivity index (χ0) is 17.0. The van der Waals surface area contributed by atoms with E-state index in [0.29, 0.717) is 5.69 Å². The Hall–Kier alpha value is -2.76. The number of hydrogen-bond acceptors (Lipinski definition) is 2. The lowest BCUT2D eigenvalue weighted by Crippen LogP contribution is -2.40. The number of hydrogen-bond donors (Lipinski definition) is 0. The lowest BCUT2D eigenvalue weighted by Gasteiger charge is -2.24. The van der Waals surface area contributed by atoms with Crippen LogP contribution in [0.1, 0.15) is 6.92 Å². The lowest BCUT2D eigenvalue weighted by atomic mass is 10.2. The number of carbonyl (C=O) groups excluding carboxylic acids is 2. The minimum atomic E-state index is -1.07. The zero-order valence-corrected chi connectivity index (χ0v) is 12.8. The molecule has 0 fully saturated rings. The molecule has 2 aromatic carbocycles. The Balaban J connectivity index is 2.21. The van der Waals surface area contributed by atoms with E-state index in [9.17, 15) is 18.4 Å². The van der Waals surface area contributed by atoms with Gasteiger partial charge in [0, 0.05) is 31.4 Å². The molecule has 2 rings (SSSR count). The maximum Gasteiger partial charge on any atom is 0.246 e. The van der Waals surface area contributed by atoms with Crippen LogP contribution in [0.25, 0.3) is 0 Å². The first-order valence-corrected chi connectivity index (χ1v) is 6.95. The summed E-state index contributed by atoms with van der Waals surface area (Å²) in [5, 5.41) is 0. The molecule has 0 saturated carbocycles. The van der Waals surface area contributed by atoms with Crippen LogP contribution in [0.4, 0.5) is 20.2 Å². The second kappa shape index (κ2) is 7.00. The van der Waals surface area contributed by atoms with Crippen molar-refractivity contribution in [3.05, 3.63) is 60.2 Å². The summed E-state index contributed by atoms with van der Waals surface area (Å²) in [4.78, 5) is 26.6. The number of anilines is 2. The molecule has 4 nitrogen and oxygen atoms in total. The zero-order valence-electron chi connectivity index (χ0n) is 12.8. The van der Waals surface area contributed by atoms with Crippen LogP contribution < -0.4 is 9.80 Å². The van der Waals surface area contributed by atoms with Crippen LogP contribution in [0.15, 0.2) is 48.5 Å². The van der Waals surface area contributed by atoms with Crippen LogP contribution in [0, 0.1) is 11.6 Å². The Morgan fingerprint density at radius 3 is 2.17 bits per heavy atom. The molecule has 6 heteroatoms. The number of halogens is 2. The van der Waals surface area contributed by atoms with Crippen LogP contribution in [0.3, 0.4) is 0 Å². The fourth-order valence-corrected chi connectivity index (χ4v) is 2.07. The number of amides is 2. The second-order valence-corrected chi connectivity index (χ2v) is 4.99. The smallest absolute Gasteiger partial charge is 0.246 e. The summed E-state index contributed by atoms with van der Waals surface area (Å²) in [5.74, 6) is -2.87. The van der Waals surface area contributed by atoms with Crippen molar-refractivity contribution in [1.82, 2.24) is 0 Å². The van der Waals surface area contributed by atoms with Crippen LogP contribution >= 0.6 is 0 Å². The quantitative estimate of drug-likeness (QED) is 0.869. The van der Waals surface area contributed by atoms with Crippen LogP contribution in [0.2, 0.25) is 0 Å². The van der Waals surface area contributed by atoms with Gasteiger partial charge in [0.25, 0.3) is 0 Å². The van der Waals surface area contributed by atoms with Crippen LogP contribution in [-0.2, 0) is 9.59 Å². The van der Waals surface area contributed by atoms with Crippen molar-refractivity contribution in [3.8, 4) is 0 Å². The van der Waals surface area contributed by atoms with Gasteiger partial charge in [0.2, 0.25) is 11.8 Å². The van der Waals surface area contributed by atoms with Gasteiger partial charge in [-0.3, -0.25) is 9.59 Å². The Kier molecular flexibility index (Phi) is 5.05. The maximum atomic E-state index is 13.4. The van der Waals surface area contributed by atoms with E-state index in [1.165, 1.54) is 17.9 Å². The molecule has 0 radical (unpaired) electrons. The molecule has 23 heavy (non-hydrogen) atoms. The molecular weight excluding hydrogens is 302 g/mol. The van der Waals surface area contributed by atoms with Gasteiger partial charge < -0.3 is 9.80 Å². The van der Waals surface area contributed by atoms with Gasteiger partial charge in [-0.05, 0) is 24.3 Å². The fourth-order valence-electron chi connectivity index (χ4n) is 2.07. The first-order chi connectivity index (χ1) is 10.9. The van der Waals surface area contributed by atoms with E-state index in [1.807, 2.05) is 6.07 Å². The third kappa shape index (κ3) is 3.91. The third-order valence-corrected chi connectivity index (χ3v) is 3.41. The number of likely N-dealkylation sites (N-methyl/N-ethyl adjacent to an activating group) is 1. The molecular formula is C17H16F2N2O2. The van der Waals surface area contributed by atoms with Crippen molar-refractivity contribution in [2.75, 3.05) is 23.4 Å². The van der Waals surface area contributed by atoms with Gasteiger partial charge in [-0.1, -0.05) is 18.2 Å². The van der Waals surface area contributed by atoms with Gasteiger partial charge in [0.15, 0.2) is 11.6 Å². The highest BCUT2D eigenvalue weighted by Gasteiger charge is 2.20. The second-order valence-electron chi connectivity index (χ2n) is 4.99. The van der Waals surface area contributed by atoms with Crippen molar-refractivity contribution in [2.24, 2.45) is 0 Å². The van der Waals surface area contributed by atoms with E-state index < -0.39 is 17.5 Å². The van der Waals surface area contributed by atoms with E-state index in [-0.39, 0.29) is 18.1 Å². The molecule has 0 N–H and O–H groups in total. The highest BCUT2D eigenvalue weighted by molar-refractivity contribution is 6.02. The van der Waals surface area contributed by atoms with E-state index in [1.54, 1.807) is 31.3 Å². The number of para-hydroxylation sites is 1. The lowest BCUT2D eigenvalue weighted by molar-refractivity contribution is -0.121. The van der Waals surface area contributed by atoms with Gasteiger partial charge in [0.1, 0.15) is 6.54 Å². The Morgan fingerprint density at radius 1 is 0.957 bits per heavy atom. The van der Waals surface area contributed by atoms with Crippen molar-refractivity contribution in [1.29, 1.82) is 0 Å². The Morgan fingerprint density at radius 2 is 1.61 bits per heavy atom. The minimum absolute atomic E-state index is 0.131. The molecule has 0 aliphatic rings. The summed E-state index contributed by atoms with van der Waals surface area (Å²) in [6.07, 6.45) is 0. The predicted octanol–water partition coefficient (Wildman–Crippen LogP) is 2.98. The molecule has 0 spiro atoms. The SMILES string of the molecule is CC(=O)N(CC(=O)N(C)c1ccccc1)c1ccc(F)c(F)c1. The molecule has 120 valence electrons.